The predicted molar refractivity (Wildman–Crippen MR) is 71.1 cm³/mol. The Morgan fingerprint density at radius 3 is 2.79 bits per heavy atom. The summed E-state index contributed by atoms with van der Waals surface area (Å²) in [5.41, 5.74) is 5.32. The Morgan fingerprint density at radius 1 is 1.58 bits per heavy atom. The molecular formula is C12H17N3O4. The van der Waals surface area contributed by atoms with Gasteiger partial charge in [0.15, 0.2) is 0 Å². The number of amides is 1. The summed E-state index contributed by atoms with van der Waals surface area (Å²) in [7, 11) is 1.42. The fraction of sp³-hybridized carbons (Fsp3) is 0.417. The molecule has 7 heteroatoms. The smallest absolute Gasteiger partial charge is 0.296 e. The van der Waals surface area contributed by atoms with E-state index >= 15 is 0 Å². The third-order valence-corrected chi connectivity index (χ3v) is 2.71. The van der Waals surface area contributed by atoms with E-state index in [2.05, 4.69) is 5.32 Å². The highest BCUT2D eigenvalue weighted by Gasteiger charge is 2.19. The molecule has 1 aromatic carbocycles. The molecule has 7 nitrogen and oxygen atoms in total. The Bertz CT molecular complexity index is 476. The summed E-state index contributed by atoms with van der Waals surface area (Å²) in [6.07, 6.45) is 0.524. The van der Waals surface area contributed by atoms with Crippen LogP contribution in [0.5, 0.6) is 5.75 Å². The van der Waals surface area contributed by atoms with E-state index in [1.807, 2.05) is 0 Å². The molecule has 0 heterocycles. The molecule has 0 spiro atoms. The molecule has 0 radical (unpaired) electrons. The average Bonchev–Trinajstić information content (AvgIpc) is 2.39. The van der Waals surface area contributed by atoms with Crippen LogP contribution in [0.4, 0.5) is 11.4 Å². The number of hydrogen-bond donors (Lipinski definition) is 2. The highest BCUT2D eigenvalue weighted by Crippen LogP contribution is 2.29. The Balaban J connectivity index is 2.94. The van der Waals surface area contributed by atoms with Gasteiger partial charge in [-0.05, 0) is 25.1 Å². The normalized spacial score (nSPS) is 11.7. The molecule has 0 saturated carbocycles. The number of rotatable bonds is 6. The molecular weight excluding hydrogens is 250 g/mol. The summed E-state index contributed by atoms with van der Waals surface area (Å²) in [5, 5.41) is 13.5. The number of carbonyl (C=O) groups excluding carboxylic acids is 1. The van der Waals surface area contributed by atoms with Crippen LogP contribution in [0.3, 0.4) is 0 Å². The van der Waals surface area contributed by atoms with Crippen molar-refractivity contribution >= 4 is 17.3 Å². The standard InChI is InChI=1S/C12H17N3O4/c1-8(5-6-13)12(16)14-10-4-3-9(19-2)7-11(10)15(17)18/h3-4,7-8H,5-6,13H2,1-2H3,(H,14,16). The summed E-state index contributed by atoms with van der Waals surface area (Å²) in [5.74, 6) is -0.231. The number of carbonyl (C=O) groups is 1. The van der Waals surface area contributed by atoms with Crippen molar-refractivity contribution in [1.29, 1.82) is 0 Å². The maximum Gasteiger partial charge on any atom is 0.296 e. The lowest BCUT2D eigenvalue weighted by Gasteiger charge is -2.11. The van der Waals surface area contributed by atoms with Crippen LogP contribution >= 0.6 is 0 Å². The summed E-state index contributed by atoms with van der Waals surface area (Å²) in [6.45, 7) is 2.11. The van der Waals surface area contributed by atoms with Gasteiger partial charge in [-0.3, -0.25) is 14.9 Å². The molecule has 1 aromatic rings. The second-order valence-electron chi connectivity index (χ2n) is 4.11. The molecule has 19 heavy (non-hydrogen) atoms. The highest BCUT2D eigenvalue weighted by molar-refractivity contribution is 5.94. The zero-order valence-electron chi connectivity index (χ0n) is 10.9. The number of nitro benzene ring substituents is 1. The third-order valence-electron chi connectivity index (χ3n) is 2.71. The fourth-order valence-electron chi connectivity index (χ4n) is 1.53. The molecule has 1 atom stereocenters. The minimum Gasteiger partial charge on any atom is -0.496 e. The monoisotopic (exact) mass is 267 g/mol. The van der Waals surface area contributed by atoms with Crippen LogP contribution in [-0.2, 0) is 4.79 Å². The molecule has 1 rings (SSSR count). The first-order chi connectivity index (χ1) is 8.99. The van der Waals surface area contributed by atoms with Crippen molar-refractivity contribution in [1.82, 2.24) is 0 Å². The van der Waals surface area contributed by atoms with Gasteiger partial charge in [-0.25, -0.2) is 0 Å². The van der Waals surface area contributed by atoms with Gasteiger partial charge in [-0.1, -0.05) is 6.92 Å². The van der Waals surface area contributed by atoms with E-state index in [0.717, 1.165) is 0 Å². The molecule has 1 unspecified atom stereocenters. The van der Waals surface area contributed by atoms with E-state index in [4.69, 9.17) is 10.5 Å². The van der Waals surface area contributed by atoms with Crippen LogP contribution in [-0.4, -0.2) is 24.5 Å². The van der Waals surface area contributed by atoms with E-state index in [-0.39, 0.29) is 23.2 Å². The van der Waals surface area contributed by atoms with Crippen molar-refractivity contribution in [3.63, 3.8) is 0 Å². The number of hydrogen-bond acceptors (Lipinski definition) is 5. The van der Waals surface area contributed by atoms with Gasteiger partial charge < -0.3 is 15.8 Å². The molecule has 0 aliphatic carbocycles. The van der Waals surface area contributed by atoms with Gasteiger partial charge in [-0.2, -0.15) is 0 Å². The number of nitrogens with two attached hydrogens (primary N) is 1. The molecule has 0 bridgehead atoms. The topological polar surface area (TPSA) is 107 Å². The summed E-state index contributed by atoms with van der Waals surface area (Å²) >= 11 is 0. The lowest BCUT2D eigenvalue weighted by atomic mass is 10.1. The summed E-state index contributed by atoms with van der Waals surface area (Å²) in [4.78, 5) is 22.2. The lowest BCUT2D eigenvalue weighted by Crippen LogP contribution is -2.23. The van der Waals surface area contributed by atoms with Gasteiger partial charge in [0.25, 0.3) is 5.69 Å². The van der Waals surface area contributed by atoms with E-state index in [1.54, 1.807) is 13.0 Å². The van der Waals surface area contributed by atoms with Crippen molar-refractivity contribution in [2.45, 2.75) is 13.3 Å². The van der Waals surface area contributed by atoms with Crippen molar-refractivity contribution in [2.24, 2.45) is 11.7 Å². The SMILES string of the molecule is COc1ccc(NC(=O)C(C)CCN)c([N+](=O)[O-])c1. The molecule has 0 aliphatic heterocycles. The van der Waals surface area contributed by atoms with Crippen molar-refractivity contribution < 1.29 is 14.5 Å². The number of methoxy groups -OCH3 is 1. The highest BCUT2D eigenvalue weighted by atomic mass is 16.6. The zero-order chi connectivity index (χ0) is 14.4. The Hall–Kier alpha value is -2.15. The van der Waals surface area contributed by atoms with E-state index in [1.165, 1.54) is 19.2 Å². The minimum absolute atomic E-state index is 0.152. The van der Waals surface area contributed by atoms with Crippen molar-refractivity contribution in [3.8, 4) is 5.75 Å². The van der Waals surface area contributed by atoms with Crippen molar-refractivity contribution in [3.05, 3.63) is 28.3 Å². The Kier molecular flexibility index (Phi) is 5.25. The van der Waals surface area contributed by atoms with Crippen LogP contribution in [0.2, 0.25) is 0 Å². The van der Waals surface area contributed by atoms with Gasteiger partial charge in [0.1, 0.15) is 11.4 Å². The first-order valence-corrected chi connectivity index (χ1v) is 5.83. The largest absolute Gasteiger partial charge is 0.496 e. The number of benzene rings is 1. The van der Waals surface area contributed by atoms with Gasteiger partial charge >= 0.3 is 0 Å². The first kappa shape index (κ1) is 14.9. The quantitative estimate of drug-likeness (QED) is 0.600. The van der Waals surface area contributed by atoms with Gasteiger partial charge in [0.2, 0.25) is 5.91 Å². The second kappa shape index (κ2) is 6.69. The lowest BCUT2D eigenvalue weighted by molar-refractivity contribution is -0.384. The van der Waals surface area contributed by atoms with Crippen LogP contribution < -0.4 is 15.8 Å². The van der Waals surface area contributed by atoms with E-state index in [9.17, 15) is 14.9 Å². The van der Waals surface area contributed by atoms with E-state index < -0.39 is 4.92 Å². The van der Waals surface area contributed by atoms with Crippen LogP contribution in [0.1, 0.15) is 13.3 Å². The molecule has 104 valence electrons. The zero-order valence-corrected chi connectivity index (χ0v) is 10.9. The number of anilines is 1. The molecule has 0 aromatic heterocycles. The van der Waals surface area contributed by atoms with Gasteiger partial charge in [-0.15, -0.1) is 0 Å². The number of nitrogens with zero attached hydrogens (tertiary/aromatic N) is 1. The fourth-order valence-corrected chi connectivity index (χ4v) is 1.53. The summed E-state index contributed by atoms with van der Waals surface area (Å²) in [6, 6.07) is 4.27. The van der Waals surface area contributed by atoms with Crippen LogP contribution in [0, 0.1) is 16.0 Å². The second-order valence-corrected chi connectivity index (χ2v) is 4.11. The van der Waals surface area contributed by atoms with Gasteiger partial charge in [0, 0.05) is 5.92 Å². The van der Waals surface area contributed by atoms with Crippen LogP contribution in [0.25, 0.3) is 0 Å². The first-order valence-electron chi connectivity index (χ1n) is 5.83. The Morgan fingerprint density at radius 2 is 2.26 bits per heavy atom. The number of nitrogens with one attached hydrogen (secondary N) is 1. The number of ether oxygens (including phenoxy) is 1. The minimum atomic E-state index is -0.564. The molecule has 1 amide bonds. The van der Waals surface area contributed by atoms with Crippen LogP contribution in [0.15, 0.2) is 18.2 Å². The predicted octanol–water partition coefficient (Wildman–Crippen LogP) is 1.53. The maximum absolute atomic E-state index is 11.8. The number of nitro groups is 1. The summed E-state index contributed by atoms with van der Waals surface area (Å²) < 4.78 is 4.92. The molecule has 0 saturated heterocycles. The van der Waals surface area contributed by atoms with E-state index in [0.29, 0.717) is 18.7 Å². The molecule has 0 fully saturated rings. The van der Waals surface area contributed by atoms with Gasteiger partial charge in [0.05, 0.1) is 18.1 Å². The average molecular weight is 267 g/mol. The molecule has 3 N–H and O–H groups in total. The Labute approximate surface area is 110 Å². The third kappa shape index (κ3) is 3.92. The van der Waals surface area contributed by atoms with Crippen molar-refractivity contribution in [2.75, 3.05) is 19.0 Å². The maximum atomic E-state index is 11.8. The molecule has 0 aliphatic rings.